The molecule has 0 fully saturated rings. The van der Waals surface area contributed by atoms with Crippen LogP contribution in [-0.2, 0) is 28.6 Å². The van der Waals surface area contributed by atoms with E-state index in [-0.39, 0.29) is 37.5 Å². The van der Waals surface area contributed by atoms with Gasteiger partial charge in [-0.25, -0.2) is 0 Å². The van der Waals surface area contributed by atoms with E-state index >= 15 is 0 Å². The van der Waals surface area contributed by atoms with Crippen molar-refractivity contribution in [1.82, 2.24) is 0 Å². The first-order valence-corrected chi connectivity index (χ1v) is 30.9. The molecule has 0 saturated heterocycles. The normalized spacial score (nSPS) is 12.9. The van der Waals surface area contributed by atoms with Crippen LogP contribution in [0.4, 0.5) is 0 Å². The highest BCUT2D eigenvalue weighted by molar-refractivity contribution is 5.71. The molecule has 0 aromatic rings. The Hall–Kier alpha value is -3.93. The van der Waals surface area contributed by atoms with Gasteiger partial charge in [0.25, 0.3) is 0 Å². The minimum atomic E-state index is -0.805. The van der Waals surface area contributed by atoms with Gasteiger partial charge in [-0.05, 0) is 103 Å². The summed E-state index contributed by atoms with van der Waals surface area (Å²) in [6.07, 6.45) is 83.7. The van der Waals surface area contributed by atoms with Crippen molar-refractivity contribution >= 4 is 17.9 Å². The zero-order valence-electron chi connectivity index (χ0n) is 48.3. The summed E-state index contributed by atoms with van der Waals surface area (Å²) in [6.45, 7) is 6.47. The molecule has 0 bridgehead atoms. The van der Waals surface area contributed by atoms with Crippen molar-refractivity contribution in [2.24, 2.45) is 0 Å². The van der Waals surface area contributed by atoms with E-state index in [1.54, 1.807) is 0 Å². The molecule has 6 nitrogen and oxygen atoms in total. The van der Waals surface area contributed by atoms with Gasteiger partial charge in [0.05, 0.1) is 0 Å². The summed E-state index contributed by atoms with van der Waals surface area (Å²) in [7, 11) is 0. The van der Waals surface area contributed by atoms with E-state index in [9.17, 15) is 14.4 Å². The molecular weight excluding hydrogens is 913 g/mol. The van der Waals surface area contributed by atoms with E-state index in [1.807, 2.05) is 0 Å². The van der Waals surface area contributed by atoms with Gasteiger partial charge >= 0.3 is 17.9 Å². The summed E-state index contributed by atoms with van der Waals surface area (Å²) in [5, 5.41) is 0. The Morgan fingerprint density at radius 3 is 0.905 bits per heavy atom. The molecule has 6 heteroatoms. The molecule has 1 atom stereocenters. The first-order valence-electron chi connectivity index (χ1n) is 30.9. The van der Waals surface area contributed by atoms with E-state index in [0.717, 1.165) is 96.3 Å². The number of ether oxygens (including phenoxy) is 3. The maximum absolute atomic E-state index is 12.9. The predicted molar refractivity (Wildman–Crippen MR) is 320 cm³/mol. The van der Waals surface area contributed by atoms with Crippen molar-refractivity contribution < 1.29 is 28.6 Å². The third-order valence-corrected chi connectivity index (χ3v) is 13.0. The fourth-order valence-corrected chi connectivity index (χ4v) is 8.40. The van der Waals surface area contributed by atoms with Gasteiger partial charge in [0.15, 0.2) is 6.10 Å². The van der Waals surface area contributed by atoms with Crippen molar-refractivity contribution in [2.75, 3.05) is 13.2 Å². The van der Waals surface area contributed by atoms with E-state index in [0.29, 0.717) is 19.3 Å². The molecule has 1 unspecified atom stereocenters. The standard InChI is InChI=1S/C68H114O6/c1-4-7-10-13-16-19-22-25-28-30-32-33-34-35-37-38-40-43-46-49-52-55-58-61-67(70)73-64-65(63-72-66(69)60-57-54-51-48-45-42-27-24-21-18-15-12-9-6-3)74-68(71)62-59-56-53-50-47-44-41-39-36-31-29-26-23-20-17-14-11-8-5-2/h7,10,16-17,19-20,25-26,28-29,32-33,35,37,40,43,49,52,65H,4-6,8-9,11-15,18,21-24,27,30-31,34,36,38-39,41-42,44-48,50-51,53-64H2,1-3H3/b10-7-,19-16-,20-17-,28-25-,29-26-,33-32-,37-35-,43-40-,52-49-. The third kappa shape index (κ3) is 59.0. The highest BCUT2D eigenvalue weighted by Crippen LogP contribution is 2.16. The van der Waals surface area contributed by atoms with Crippen LogP contribution in [0.2, 0.25) is 0 Å². The van der Waals surface area contributed by atoms with Gasteiger partial charge in [-0.1, -0.05) is 271 Å². The molecule has 74 heavy (non-hydrogen) atoms. The van der Waals surface area contributed by atoms with Crippen molar-refractivity contribution in [3.8, 4) is 0 Å². The van der Waals surface area contributed by atoms with Crippen LogP contribution in [0, 0.1) is 0 Å². The second-order valence-electron chi connectivity index (χ2n) is 20.2. The van der Waals surface area contributed by atoms with E-state index in [1.165, 1.54) is 141 Å². The van der Waals surface area contributed by atoms with Gasteiger partial charge in [-0.3, -0.25) is 14.4 Å². The van der Waals surface area contributed by atoms with Gasteiger partial charge in [-0.15, -0.1) is 0 Å². The van der Waals surface area contributed by atoms with Gasteiger partial charge in [0.1, 0.15) is 13.2 Å². The summed E-state index contributed by atoms with van der Waals surface area (Å²) >= 11 is 0. The van der Waals surface area contributed by atoms with Crippen LogP contribution in [0.1, 0.15) is 284 Å². The lowest BCUT2D eigenvalue weighted by Crippen LogP contribution is -2.30. The first-order chi connectivity index (χ1) is 36.5. The zero-order chi connectivity index (χ0) is 53.6. The smallest absolute Gasteiger partial charge is 0.306 e. The Kier molecular flexibility index (Phi) is 58.3. The summed E-state index contributed by atoms with van der Waals surface area (Å²) in [5.41, 5.74) is 0. The molecule has 0 rings (SSSR count). The summed E-state index contributed by atoms with van der Waals surface area (Å²) in [5.74, 6) is -0.956. The molecule has 0 saturated carbocycles. The molecule has 0 spiro atoms. The number of hydrogen-bond acceptors (Lipinski definition) is 6. The second-order valence-corrected chi connectivity index (χ2v) is 20.2. The molecule has 0 aliphatic rings. The van der Waals surface area contributed by atoms with Crippen molar-refractivity contribution in [3.63, 3.8) is 0 Å². The number of allylic oxidation sites excluding steroid dienone is 18. The van der Waals surface area contributed by atoms with Crippen molar-refractivity contribution in [3.05, 3.63) is 109 Å². The molecular formula is C68H114O6. The Morgan fingerprint density at radius 2 is 0.541 bits per heavy atom. The summed E-state index contributed by atoms with van der Waals surface area (Å²) < 4.78 is 16.9. The lowest BCUT2D eigenvalue weighted by molar-refractivity contribution is -0.167. The molecule has 0 aromatic carbocycles. The van der Waals surface area contributed by atoms with Gasteiger partial charge in [0.2, 0.25) is 0 Å². The summed E-state index contributed by atoms with van der Waals surface area (Å²) in [4.78, 5) is 38.3. The minimum absolute atomic E-state index is 0.0966. The molecule has 0 radical (unpaired) electrons. The van der Waals surface area contributed by atoms with Gasteiger partial charge < -0.3 is 14.2 Å². The number of carbonyl (C=O) groups is 3. The van der Waals surface area contributed by atoms with E-state index in [2.05, 4.69) is 130 Å². The number of unbranched alkanes of at least 4 members (excludes halogenated alkanes) is 26. The maximum Gasteiger partial charge on any atom is 0.306 e. The van der Waals surface area contributed by atoms with Crippen molar-refractivity contribution in [1.29, 1.82) is 0 Å². The lowest BCUT2D eigenvalue weighted by Gasteiger charge is -2.18. The molecule has 0 heterocycles. The predicted octanol–water partition coefficient (Wildman–Crippen LogP) is 21.0. The fraction of sp³-hybridized carbons (Fsp3) is 0.691. The van der Waals surface area contributed by atoms with E-state index < -0.39 is 6.10 Å². The lowest BCUT2D eigenvalue weighted by atomic mass is 10.0. The SMILES string of the molecule is CC/C=C\C/C=C\C/C=C\C/C=C\C/C=C\C/C=C\C/C=C\CCCC(=O)OCC(COC(=O)CCCCCCCCCCCCCCCC)OC(=O)CCCCCCCCCCC/C=C\C/C=C\CCCCC. The Balaban J connectivity index is 4.47. The van der Waals surface area contributed by atoms with Crippen LogP contribution in [0.15, 0.2) is 109 Å². The third-order valence-electron chi connectivity index (χ3n) is 13.0. The number of esters is 3. The van der Waals surface area contributed by atoms with Crippen molar-refractivity contribution in [2.45, 2.75) is 290 Å². The number of hydrogen-bond donors (Lipinski definition) is 0. The molecule has 0 aromatic heterocycles. The molecule has 0 amide bonds. The Morgan fingerprint density at radius 1 is 0.284 bits per heavy atom. The highest BCUT2D eigenvalue weighted by Gasteiger charge is 2.19. The quantitative estimate of drug-likeness (QED) is 0.0261. The largest absolute Gasteiger partial charge is 0.462 e. The van der Waals surface area contributed by atoms with Crippen LogP contribution in [-0.4, -0.2) is 37.2 Å². The average molecular weight is 1030 g/mol. The molecule has 0 N–H and O–H groups in total. The fourth-order valence-electron chi connectivity index (χ4n) is 8.40. The number of carbonyl (C=O) groups excluding carboxylic acids is 3. The second kappa shape index (κ2) is 61.6. The van der Waals surface area contributed by atoms with E-state index in [4.69, 9.17) is 14.2 Å². The van der Waals surface area contributed by atoms with Crippen LogP contribution >= 0.6 is 0 Å². The molecule has 0 aliphatic carbocycles. The van der Waals surface area contributed by atoms with Crippen LogP contribution < -0.4 is 0 Å². The average Bonchev–Trinajstić information content (AvgIpc) is 3.40. The maximum atomic E-state index is 12.9. The Labute approximate surface area is 457 Å². The van der Waals surface area contributed by atoms with Crippen LogP contribution in [0.5, 0.6) is 0 Å². The first kappa shape index (κ1) is 70.1. The topological polar surface area (TPSA) is 78.9 Å². The Bertz CT molecular complexity index is 1510. The van der Waals surface area contributed by atoms with Crippen LogP contribution in [0.25, 0.3) is 0 Å². The van der Waals surface area contributed by atoms with Gasteiger partial charge in [-0.2, -0.15) is 0 Å². The minimum Gasteiger partial charge on any atom is -0.462 e. The number of rotatable bonds is 55. The highest BCUT2D eigenvalue weighted by atomic mass is 16.6. The van der Waals surface area contributed by atoms with Crippen LogP contribution in [0.3, 0.4) is 0 Å². The molecule has 422 valence electrons. The monoisotopic (exact) mass is 1030 g/mol. The molecule has 0 aliphatic heterocycles. The van der Waals surface area contributed by atoms with Gasteiger partial charge in [0, 0.05) is 19.3 Å². The summed E-state index contributed by atoms with van der Waals surface area (Å²) in [6, 6.07) is 0. The zero-order valence-corrected chi connectivity index (χ0v) is 48.3.